The number of nitrogens with one attached hydrogen (secondary N) is 2. The van der Waals surface area contributed by atoms with Gasteiger partial charge in [0.25, 0.3) is 0 Å². The van der Waals surface area contributed by atoms with E-state index in [0.717, 1.165) is 12.0 Å². The second-order valence-electron chi connectivity index (χ2n) is 4.69. The molecule has 19 heavy (non-hydrogen) atoms. The summed E-state index contributed by atoms with van der Waals surface area (Å²) in [4.78, 5) is 22.8. The van der Waals surface area contributed by atoms with Gasteiger partial charge < -0.3 is 0 Å². The first-order chi connectivity index (χ1) is 9.10. The van der Waals surface area contributed by atoms with Gasteiger partial charge in [0.15, 0.2) is 0 Å². The van der Waals surface area contributed by atoms with Gasteiger partial charge in [0.05, 0.1) is 6.04 Å². The Morgan fingerprint density at radius 3 is 2.89 bits per heavy atom. The van der Waals surface area contributed by atoms with Crippen molar-refractivity contribution in [3.8, 4) is 0 Å². The Labute approximate surface area is 117 Å². The van der Waals surface area contributed by atoms with Crippen molar-refractivity contribution in [2.75, 3.05) is 0 Å². The van der Waals surface area contributed by atoms with Crippen LogP contribution in [0.2, 0.25) is 5.02 Å². The van der Waals surface area contributed by atoms with Crippen LogP contribution in [0.4, 0.5) is 0 Å². The first kappa shape index (κ1) is 14.0. The summed E-state index contributed by atoms with van der Waals surface area (Å²) >= 11 is 5.98. The van der Waals surface area contributed by atoms with E-state index in [1.165, 1.54) is 0 Å². The zero-order chi connectivity index (χ0) is 13.8. The van der Waals surface area contributed by atoms with Crippen molar-refractivity contribution in [2.24, 2.45) is 0 Å². The van der Waals surface area contributed by atoms with Crippen molar-refractivity contribution in [3.63, 3.8) is 0 Å². The third-order valence-electron chi connectivity index (χ3n) is 3.30. The molecule has 0 aliphatic carbocycles. The largest absolute Gasteiger partial charge is 0.299 e. The lowest BCUT2D eigenvalue weighted by Crippen LogP contribution is -2.51. The molecule has 2 unspecified atom stereocenters. The third-order valence-corrected chi connectivity index (χ3v) is 3.54. The van der Waals surface area contributed by atoms with E-state index in [0.29, 0.717) is 17.9 Å². The summed E-state index contributed by atoms with van der Waals surface area (Å²) in [5, 5.41) is 6.33. The Morgan fingerprint density at radius 1 is 1.47 bits per heavy atom. The minimum atomic E-state index is -0.318. The zero-order valence-corrected chi connectivity index (χ0v) is 11.5. The topological polar surface area (TPSA) is 58.2 Å². The van der Waals surface area contributed by atoms with Crippen LogP contribution >= 0.6 is 11.6 Å². The molecule has 0 saturated carbocycles. The van der Waals surface area contributed by atoms with Crippen molar-refractivity contribution in [2.45, 2.75) is 38.3 Å². The number of halogens is 1. The van der Waals surface area contributed by atoms with Crippen molar-refractivity contribution in [1.82, 2.24) is 10.6 Å². The van der Waals surface area contributed by atoms with E-state index in [4.69, 9.17) is 11.6 Å². The van der Waals surface area contributed by atoms with Crippen LogP contribution in [0.1, 0.15) is 37.8 Å². The maximum absolute atomic E-state index is 11.7. The van der Waals surface area contributed by atoms with Gasteiger partial charge in [-0.15, -0.1) is 0 Å². The molecule has 102 valence electrons. The summed E-state index contributed by atoms with van der Waals surface area (Å²) in [7, 11) is 0. The fraction of sp³-hybridized carbons (Fsp3) is 0.429. The molecular formula is C14H17ClN2O2. The number of hydrogen-bond acceptors (Lipinski definition) is 3. The average molecular weight is 281 g/mol. The molecule has 2 rings (SSSR count). The number of imide groups is 1. The molecule has 0 bridgehead atoms. The smallest absolute Gasteiger partial charge is 0.243 e. The Kier molecular flexibility index (Phi) is 4.56. The Bertz CT molecular complexity index is 490. The van der Waals surface area contributed by atoms with Crippen LogP contribution in [0, 0.1) is 0 Å². The molecule has 1 aromatic carbocycles. The highest BCUT2D eigenvalue weighted by molar-refractivity contribution is 6.30. The lowest BCUT2D eigenvalue weighted by atomic mass is 10.00. The molecule has 1 aromatic rings. The number of rotatable bonds is 4. The Balaban J connectivity index is 2.07. The summed E-state index contributed by atoms with van der Waals surface area (Å²) < 4.78 is 0. The number of hydrogen-bond donors (Lipinski definition) is 2. The maximum atomic E-state index is 11.7. The van der Waals surface area contributed by atoms with Gasteiger partial charge in [-0.1, -0.05) is 30.7 Å². The molecule has 2 N–H and O–H groups in total. The van der Waals surface area contributed by atoms with E-state index >= 15 is 0 Å². The molecule has 0 aromatic heterocycles. The van der Waals surface area contributed by atoms with E-state index in [9.17, 15) is 9.59 Å². The number of carbonyl (C=O) groups is 2. The predicted molar refractivity (Wildman–Crippen MR) is 73.8 cm³/mol. The average Bonchev–Trinajstić information content (AvgIpc) is 2.38. The lowest BCUT2D eigenvalue weighted by Gasteiger charge is -2.27. The Hall–Kier alpha value is -1.39. The van der Waals surface area contributed by atoms with E-state index in [2.05, 4.69) is 10.6 Å². The molecular weight excluding hydrogens is 264 g/mol. The van der Waals surface area contributed by atoms with Gasteiger partial charge in [-0.3, -0.25) is 20.2 Å². The monoisotopic (exact) mass is 280 g/mol. The van der Waals surface area contributed by atoms with Crippen molar-refractivity contribution < 1.29 is 9.59 Å². The van der Waals surface area contributed by atoms with E-state index < -0.39 is 0 Å². The first-order valence-corrected chi connectivity index (χ1v) is 6.83. The number of piperidine rings is 1. The van der Waals surface area contributed by atoms with Gasteiger partial charge >= 0.3 is 0 Å². The van der Waals surface area contributed by atoms with Crippen LogP contribution in [0.15, 0.2) is 24.3 Å². The van der Waals surface area contributed by atoms with Crippen LogP contribution in [0.25, 0.3) is 0 Å². The first-order valence-electron chi connectivity index (χ1n) is 6.45. The summed E-state index contributed by atoms with van der Waals surface area (Å²) in [6.45, 7) is 2.05. The standard InChI is InChI=1S/C14H17ClN2O2/c1-2-11(9-4-3-5-10(15)8-9)16-12-6-7-13(18)17-14(12)19/h3-5,8,11-12,16H,2,6-7H2,1H3,(H,17,18,19). The van der Waals surface area contributed by atoms with Gasteiger partial charge in [0.1, 0.15) is 0 Å². The second kappa shape index (κ2) is 6.17. The fourth-order valence-corrected chi connectivity index (χ4v) is 2.47. The third kappa shape index (κ3) is 3.55. The normalized spacial score (nSPS) is 21.1. The molecule has 1 aliphatic heterocycles. The SMILES string of the molecule is CCC(NC1CCC(=O)NC1=O)c1cccc(Cl)c1. The quantitative estimate of drug-likeness (QED) is 0.831. The fourth-order valence-electron chi connectivity index (χ4n) is 2.27. The minimum absolute atomic E-state index is 0.0580. The Morgan fingerprint density at radius 2 is 2.26 bits per heavy atom. The zero-order valence-electron chi connectivity index (χ0n) is 10.8. The molecule has 4 nitrogen and oxygen atoms in total. The highest BCUT2D eigenvalue weighted by Gasteiger charge is 2.28. The van der Waals surface area contributed by atoms with Gasteiger partial charge in [0, 0.05) is 17.5 Å². The van der Waals surface area contributed by atoms with Crippen LogP contribution < -0.4 is 10.6 Å². The summed E-state index contributed by atoms with van der Waals surface area (Å²) in [5.41, 5.74) is 1.06. The molecule has 5 heteroatoms. The highest BCUT2D eigenvalue weighted by Crippen LogP contribution is 2.22. The molecule has 1 aliphatic rings. The predicted octanol–water partition coefficient (Wildman–Crippen LogP) is 2.19. The second-order valence-corrected chi connectivity index (χ2v) is 5.12. The number of amides is 2. The van der Waals surface area contributed by atoms with Gasteiger partial charge in [-0.05, 0) is 30.5 Å². The van der Waals surface area contributed by atoms with Crippen LogP contribution in [0.3, 0.4) is 0 Å². The molecule has 1 fully saturated rings. The van der Waals surface area contributed by atoms with Crippen LogP contribution in [-0.2, 0) is 9.59 Å². The summed E-state index contributed by atoms with van der Waals surface area (Å²) in [6, 6.07) is 7.34. The number of carbonyl (C=O) groups excluding carboxylic acids is 2. The molecule has 1 saturated heterocycles. The van der Waals surface area contributed by atoms with Crippen molar-refractivity contribution in [1.29, 1.82) is 0 Å². The maximum Gasteiger partial charge on any atom is 0.243 e. The van der Waals surface area contributed by atoms with E-state index in [1.807, 2.05) is 31.2 Å². The van der Waals surface area contributed by atoms with Crippen LogP contribution in [-0.4, -0.2) is 17.9 Å². The van der Waals surface area contributed by atoms with Crippen molar-refractivity contribution in [3.05, 3.63) is 34.9 Å². The summed E-state index contributed by atoms with van der Waals surface area (Å²) in [6.07, 6.45) is 1.77. The molecule has 0 radical (unpaired) electrons. The molecule has 1 heterocycles. The number of benzene rings is 1. The minimum Gasteiger partial charge on any atom is -0.299 e. The van der Waals surface area contributed by atoms with Gasteiger partial charge in [0.2, 0.25) is 11.8 Å². The highest BCUT2D eigenvalue weighted by atomic mass is 35.5. The van der Waals surface area contributed by atoms with Crippen LogP contribution in [0.5, 0.6) is 0 Å². The lowest BCUT2D eigenvalue weighted by molar-refractivity contribution is -0.134. The summed E-state index contributed by atoms with van der Waals surface area (Å²) in [5.74, 6) is -0.435. The molecule has 2 amide bonds. The van der Waals surface area contributed by atoms with Gasteiger partial charge in [-0.2, -0.15) is 0 Å². The van der Waals surface area contributed by atoms with Gasteiger partial charge in [-0.25, -0.2) is 0 Å². The van der Waals surface area contributed by atoms with E-state index in [1.54, 1.807) is 0 Å². The molecule has 0 spiro atoms. The van der Waals surface area contributed by atoms with E-state index in [-0.39, 0.29) is 23.9 Å². The molecule has 2 atom stereocenters. The van der Waals surface area contributed by atoms with Crippen molar-refractivity contribution >= 4 is 23.4 Å².